The minimum Gasteiger partial charge on any atom is -0.496 e. The maximum atomic E-state index is 13.9. The maximum absolute atomic E-state index is 13.9. The van der Waals surface area contributed by atoms with Crippen molar-refractivity contribution >= 4 is 10.0 Å². The number of ether oxygens (including phenoxy) is 2. The van der Waals surface area contributed by atoms with Gasteiger partial charge in [-0.3, -0.25) is 0 Å². The zero-order valence-electron chi connectivity index (χ0n) is 15.8. The highest BCUT2D eigenvalue weighted by Crippen LogP contribution is 2.36. The van der Waals surface area contributed by atoms with E-state index in [0.717, 1.165) is 12.1 Å². The smallest absolute Gasteiger partial charge is 0.240 e. The van der Waals surface area contributed by atoms with Crippen molar-refractivity contribution in [3.05, 3.63) is 77.9 Å². The van der Waals surface area contributed by atoms with Gasteiger partial charge >= 0.3 is 0 Å². The van der Waals surface area contributed by atoms with E-state index in [1.54, 1.807) is 18.2 Å². The molecular weight excluding hydrogens is 400 g/mol. The number of benzene rings is 3. The van der Waals surface area contributed by atoms with Crippen molar-refractivity contribution < 1.29 is 26.7 Å². The highest BCUT2D eigenvalue weighted by molar-refractivity contribution is 7.89. The largest absolute Gasteiger partial charge is 0.496 e. The van der Waals surface area contributed by atoms with E-state index in [9.17, 15) is 17.2 Å². The van der Waals surface area contributed by atoms with Gasteiger partial charge in [-0.1, -0.05) is 12.1 Å². The van der Waals surface area contributed by atoms with E-state index in [4.69, 9.17) is 9.47 Å². The zero-order chi connectivity index (χ0) is 21.0. The molecule has 152 valence electrons. The summed E-state index contributed by atoms with van der Waals surface area (Å²) in [7, 11) is -0.976. The summed E-state index contributed by atoms with van der Waals surface area (Å²) in [5.41, 5.74) is 1.52. The van der Waals surface area contributed by atoms with Gasteiger partial charge in [-0.05, 0) is 54.1 Å². The number of rotatable bonds is 7. The summed E-state index contributed by atoms with van der Waals surface area (Å²) in [6.45, 7) is -0.126. The van der Waals surface area contributed by atoms with Crippen molar-refractivity contribution in [2.75, 3.05) is 14.2 Å². The van der Waals surface area contributed by atoms with Crippen LogP contribution in [0.1, 0.15) is 5.56 Å². The average Bonchev–Trinajstić information content (AvgIpc) is 2.72. The summed E-state index contributed by atoms with van der Waals surface area (Å²) in [6.07, 6.45) is 0. The monoisotopic (exact) mass is 419 g/mol. The Kier molecular flexibility index (Phi) is 6.14. The Morgan fingerprint density at radius 3 is 2.14 bits per heavy atom. The molecule has 0 atom stereocenters. The van der Waals surface area contributed by atoms with E-state index in [-0.39, 0.29) is 11.4 Å². The Morgan fingerprint density at radius 1 is 0.828 bits per heavy atom. The molecule has 0 aromatic heterocycles. The molecular formula is C21H19F2NO4S. The molecule has 0 amide bonds. The van der Waals surface area contributed by atoms with Crippen LogP contribution in [0.5, 0.6) is 11.5 Å². The average molecular weight is 419 g/mol. The number of sulfonamides is 1. The Hall–Kier alpha value is -2.97. The van der Waals surface area contributed by atoms with Gasteiger partial charge in [-0.25, -0.2) is 21.9 Å². The first-order valence-corrected chi connectivity index (χ1v) is 10.1. The topological polar surface area (TPSA) is 64.6 Å². The lowest BCUT2D eigenvalue weighted by Crippen LogP contribution is -2.24. The van der Waals surface area contributed by atoms with Gasteiger partial charge in [0.1, 0.15) is 23.1 Å². The second-order valence-electron chi connectivity index (χ2n) is 6.11. The van der Waals surface area contributed by atoms with Crippen LogP contribution >= 0.6 is 0 Å². The molecule has 0 aliphatic carbocycles. The molecule has 0 unspecified atom stereocenters. The molecule has 8 heteroatoms. The van der Waals surface area contributed by atoms with E-state index in [1.165, 1.54) is 44.6 Å². The maximum Gasteiger partial charge on any atom is 0.240 e. The fourth-order valence-electron chi connectivity index (χ4n) is 2.95. The molecule has 5 nitrogen and oxygen atoms in total. The van der Waals surface area contributed by atoms with Crippen LogP contribution in [0.2, 0.25) is 0 Å². The second-order valence-corrected chi connectivity index (χ2v) is 7.88. The summed E-state index contributed by atoms with van der Waals surface area (Å²) < 4.78 is 65.3. The van der Waals surface area contributed by atoms with Crippen molar-refractivity contribution in [1.82, 2.24) is 4.72 Å². The summed E-state index contributed by atoms with van der Waals surface area (Å²) in [4.78, 5) is -0.0707. The third kappa shape index (κ3) is 4.55. The van der Waals surface area contributed by atoms with E-state index in [0.29, 0.717) is 28.2 Å². The van der Waals surface area contributed by atoms with Crippen molar-refractivity contribution in [1.29, 1.82) is 0 Å². The van der Waals surface area contributed by atoms with Crippen LogP contribution in [0.25, 0.3) is 11.1 Å². The van der Waals surface area contributed by atoms with Crippen molar-refractivity contribution in [3.63, 3.8) is 0 Å². The highest BCUT2D eigenvalue weighted by atomic mass is 32.2. The predicted molar refractivity (Wildman–Crippen MR) is 105 cm³/mol. The SMILES string of the molecule is COc1ccc(F)cc1-c1cccc(OC)c1CNS(=O)(=O)c1ccc(F)cc1. The van der Waals surface area contributed by atoms with Gasteiger partial charge in [0.15, 0.2) is 0 Å². The third-order valence-corrected chi connectivity index (χ3v) is 5.78. The fourth-order valence-corrected chi connectivity index (χ4v) is 3.94. The van der Waals surface area contributed by atoms with Crippen LogP contribution in [0.15, 0.2) is 65.6 Å². The molecule has 0 fully saturated rings. The van der Waals surface area contributed by atoms with Gasteiger partial charge in [0.2, 0.25) is 10.0 Å². The van der Waals surface area contributed by atoms with Crippen LogP contribution in [0, 0.1) is 11.6 Å². The molecule has 3 rings (SSSR count). The highest BCUT2D eigenvalue weighted by Gasteiger charge is 2.19. The lowest BCUT2D eigenvalue weighted by Gasteiger charge is -2.17. The minimum atomic E-state index is -3.90. The Labute approximate surface area is 168 Å². The van der Waals surface area contributed by atoms with E-state index in [1.807, 2.05) is 0 Å². The second kappa shape index (κ2) is 8.59. The van der Waals surface area contributed by atoms with Crippen LogP contribution in [0.4, 0.5) is 8.78 Å². The van der Waals surface area contributed by atoms with Crippen LogP contribution in [-0.2, 0) is 16.6 Å². The first-order valence-electron chi connectivity index (χ1n) is 8.60. The van der Waals surface area contributed by atoms with Crippen LogP contribution < -0.4 is 14.2 Å². The van der Waals surface area contributed by atoms with Gasteiger partial charge in [0, 0.05) is 17.7 Å². The summed E-state index contributed by atoms with van der Waals surface area (Å²) in [5.74, 6) is -0.131. The van der Waals surface area contributed by atoms with E-state index >= 15 is 0 Å². The van der Waals surface area contributed by atoms with Crippen molar-refractivity contribution in [2.24, 2.45) is 0 Å². The molecule has 3 aromatic rings. The normalized spacial score (nSPS) is 11.3. The molecule has 0 radical (unpaired) electrons. The zero-order valence-corrected chi connectivity index (χ0v) is 16.6. The number of halogens is 2. The predicted octanol–water partition coefficient (Wildman–Crippen LogP) is 4.13. The Morgan fingerprint density at radius 2 is 1.48 bits per heavy atom. The van der Waals surface area contributed by atoms with Gasteiger partial charge in [-0.15, -0.1) is 0 Å². The quantitative estimate of drug-likeness (QED) is 0.626. The molecule has 3 aromatic carbocycles. The molecule has 1 N–H and O–H groups in total. The molecule has 0 saturated carbocycles. The van der Waals surface area contributed by atoms with Gasteiger partial charge in [0.25, 0.3) is 0 Å². The number of methoxy groups -OCH3 is 2. The molecule has 0 aliphatic heterocycles. The van der Waals surface area contributed by atoms with Gasteiger partial charge < -0.3 is 9.47 Å². The van der Waals surface area contributed by atoms with Gasteiger partial charge in [-0.2, -0.15) is 0 Å². The number of hydrogen-bond donors (Lipinski definition) is 1. The standard InChI is InChI=1S/C21H19F2NO4S/c1-27-20-5-3-4-17(18-12-15(23)8-11-21(18)28-2)19(20)13-24-29(25,26)16-9-6-14(22)7-10-16/h3-12,24H,13H2,1-2H3. The molecule has 0 saturated heterocycles. The number of hydrogen-bond acceptors (Lipinski definition) is 4. The first kappa shape index (κ1) is 20.8. The summed E-state index contributed by atoms with van der Waals surface area (Å²) in [6, 6.07) is 13.7. The van der Waals surface area contributed by atoms with E-state index in [2.05, 4.69) is 4.72 Å². The van der Waals surface area contributed by atoms with E-state index < -0.39 is 21.7 Å². The minimum absolute atomic E-state index is 0.0707. The number of nitrogens with one attached hydrogen (secondary N) is 1. The molecule has 0 bridgehead atoms. The van der Waals surface area contributed by atoms with Crippen LogP contribution in [-0.4, -0.2) is 22.6 Å². The fraction of sp³-hybridized carbons (Fsp3) is 0.143. The van der Waals surface area contributed by atoms with Crippen LogP contribution in [0.3, 0.4) is 0 Å². The lowest BCUT2D eigenvalue weighted by atomic mass is 9.98. The summed E-state index contributed by atoms with van der Waals surface area (Å²) >= 11 is 0. The van der Waals surface area contributed by atoms with Crippen molar-refractivity contribution in [2.45, 2.75) is 11.4 Å². The molecule has 0 heterocycles. The lowest BCUT2D eigenvalue weighted by molar-refractivity contribution is 0.408. The molecule has 0 aliphatic rings. The summed E-state index contributed by atoms with van der Waals surface area (Å²) in [5, 5.41) is 0. The third-order valence-electron chi connectivity index (χ3n) is 4.37. The Balaban J connectivity index is 2.01. The van der Waals surface area contributed by atoms with Crippen molar-refractivity contribution in [3.8, 4) is 22.6 Å². The first-order chi connectivity index (χ1) is 13.9. The molecule has 29 heavy (non-hydrogen) atoms. The Bertz CT molecular complexity index is 1120. The molecule has 0 spiro atoms. The van der Waals surface area contributed by atoms with Gasteiger partial charge in [0.05, 0.1) is 19.1 Å².